The van der Waals surface area contributed by atoms with Gasteiger partial charge in [0.05, 0.1) is 12.2 Å². The third-order valence-electron chi connectivity index (χ3n) is 4.86. The molecule has 7 nitrogen and oxygen atoms in total. The summed E-state index contributed by atoms with van der Waals surface area (Å²) in [5, 5.41) is 2.82. The first kappa shape index (κ1) is 19.7. The minimum absolute atomic E-state index is 0.0931. The van der Waals surface area contributed by atoms with Crippen molar-refractivity contribution in [2.24, 2.45) is 0 Å². The van der Waals surface area contributed by atoms with Gasteiger partial charge in [0.25, 0.3) is 11.8 Å². The number of hydrogen-bond acceptors (Lipinski definition) is 4. The van der Waals surface area contributed by atoms with E-state index >= 15 is 0 Å². The van der Waals surface area contributed by atoms with Gasteiger partial charge in [-0.1, -0.05) is 19.1 Å². The Morgan fingerprint density at radius 3 is 2.61 bits per heavy atom. The monoisotopic (exact) mass is 383 g/mol. The highest BCUT2D eigenvalue weighted by molar-refractivity contribution is 6.10. The van der Waals surface area contributed by atoms with Crippen molar-refractivity contribution in [3.8, 4) is 5.75 Å². The fourth-order valence-electron chi connectivity index (χ4n) is 3.55. The largest absolute Gasteiger partial charge is 0.477 e. The number of H-pyrrole nitrogens is 1. The highest BCUT2D eigenvalue weighted by atomic mass is 16.5. The molecule has 0 spiro atoms. The molecule has 0 aliphatic carbocycles. The van der Waals surface area contributed by atoms with Crippen LogP contribution in [0, 0.1) is 13.8 Å². The average Bonchev–Trinajstić information content (AvgIpc) is 2.98. The van der Waals surface area contributed by atoms with E-state index in [0.29, 0.717) is 40.5 Å². The summed E-state index contributed by atoms with van der Waals surface area (Å²) >= 11 is 0. The molecule has 2 heterocycles. The van der Waals surface area contributed by atoms with Gasteiger partial charge in [-0.05, 0) is 44.9 Å². The maximum absolute atomic E-state index is 13.3. The van der Waals surface area contributed by atoms with Crippen LogP contribution in [0.4, 0.5) is 5.69 Å². The predicted octanol–water partition coefficient (Wildman–Crippen LogP) is 2.77. The third-order valence-corrected chi connectivity index (χ3v) is 4.86. The first-order valence-corrected chi connectivity index (χ1v) is 9.40. The van der Waals surface area contributed by atoms with Crippen LogP contribution < -0.4 is 15.0 Å². The SMILES string of the molecule is CCCNC(=O)[C@@H]1CN(C(=O)c2[nH]c(C)c(C(C)=O)c2C)c2ccccc2O1. The van der Waals surface area contributed by atoms with E-state index in [9.17, 15) is 14.4 Å². The summed E-state index contributed by atoms with van der Waals surface area (Å²) in [4.78, 5) is 42.3. The summed E-state index contributed by atoms with van der Waals surface area (Å²) in [6, 6.07) is 7.13. The van der Waals surface area contributed by atoms with Gasteiger partial charge in [0.15, 0.2) is 11.9 Å². The summed E-state index contributed by atoms with van der Waals surface area (Å²) in [6.45, 7) is 7.62. The molecule has 2 amide bonds. The number of carbonyl (C=O) groups excluding carboxylic acids is 3. The molecule has 1 aliphatic rings. The number of benzene rings is 1. The second-order valence-electron chi connectivity index (χ2n) is 6.96. The highest BCUT2D eigenvalue weighted by Crippen LogP contribution is 2.34. The van der Waals surface area contributed by atoms with Crippen molar-refractivity contribution in [3.05, 3.63) is 46.8 Å². The number of ketones is 1. The molecule has 0 saturated carbocycles. The lowest BCUT2D eigenvalue weighted by atomic mass is 10.1. The lowest BCUT2D eigenvalue weighted by molar-refractivity contribution is -0.127. The molecule has 148 valence electrons. The number of aromatic nitrogens is 1. The third kappa shape index (κ3) is 3.52. The lowest BCUT2D eigenvalue weighted by Crippen LogP contribution is -2.51. The van der Waals surface area contributed by atoms with Crippen molar-refractivity contribution in [2.75, 3.05) is 18.0 Å². The van der Waals surface area contributed by atoms with Gasteiger partial charge in [-0.25, -0.2) is 0 Å². The van der Waals surface area contributed by atoms with Gasteiger partial charge in [-0.2, -0.15) is 0 Å². The average molecular weight is 383 g/mol. The van der Waals surface area contributed by atoms with Gasteiger partial charge in [-0.3, -0.25) is 19.3 Å². The van der Waals surface area contributed by atoms with E-state index in [1.54, 1.807) is 32.0 Å². The summed E-state index contributed by atoms with van der Waals surface area (Å²) < 4.78 is 5.83. The number of aromatic amines is 1. The zero-order valence-corrected chi connectivity index (χ0v) is 16.6. The molecule has 7 heteroatoms. The molecule has 1 atom stereocenters. The number of ether oxygens (including phenoxy) is 1. The number of carbonyl (C=O) groups is 3. The number of para-hydroxylation sites is 2. The number of fused-ring (bicyclic) bond motifs is 1. The van der Waals surface area contributed by atoms with Crippen molar-refractivity contribution >= 4 is 23.3 Å². The van der Waals surface area contributed by atoms with Gasteiger partial charge in [0, 0.05) is 17.8 Å². The van der Waals surface area contributed by atoms with E-state index in [1.165, 1.54) is 11.8 Å². The molecular weight excluding hydrogens is 358 g/mol. The van der Waals surface area contributed by atoms with Gasteiger partial charge in [0.1, 0.15) is 11.4 Å². The Morgan fingerprint density at radius 1 is 1.25 bits per heavy atom. The zero-order chi connectivity index (χ0) is 20.4. The Labute approximate surface area is 164 Å². The molecule has 2 aromatic rings. The molecule has 0 fully saturated rings. The van der Waals surface area contributed by atoms with E-state index in [4.69, 9.17) is 4.74 Å². The van der Waals surface area contributed by atoms with E-state index in [2.05, 4.69) is 10.3 Å². The van der Waals surface area contributed by atoms with Crippen LogP contribution in [-0.4, -0.2) is 41.8 Å². The zero-order valence-electron chi connectivity index (χ0n) is 16.6. The van der Waals surface area contributed by atoms with Gasteiger partial charge in [0.2, 0.25) is 0 Å². The Balaban J connectivity index is 1.97. The first-order chi connectivity index (χ1) is 13.3. The fourth-order valence-corrected chi connectivity index (χ4v) is 3.55. The molecular formula is C21H25N3O4. The number of aryl methyl sites for hydroxylation is 1. The standard InChI is InChI=1S/C21H25N3O4/c1-5-10-22-20(26)17-11-24(15-8-6-7-9-16(15)28-17)21(27)19-12(2)18(14(4)25)13(3)23-19/h6-9,17,23H,5,10-11H2,1-4H3,(H,22,26)/t17-/m0/s1. The minimum atomic E-state index is -0.797. The molecule has 1 aliphatic heterocycles. The maximum atomic E-state index is 13.3. The molecule has 1 aromatic heterocycles. The number of hydrogen-bond donors (Lipinski definition) is 2. The first-order valence-electron chi connectivity index (χ1n) is 9.40. The molecule has 0 bridgehead atoms. The summed E-state index contributed by atoms with van der Waals surface area (Å²) in [7, 11) is 0. The summed E-state index contributed by atoms with van der Waals surface area (Å²) in [5.74, 6) is -0.161. The Hall–Kier alpha value is -3.09. The molecule has 3 rings (SSSR count). The van der Waals surface area contributed by atoms with Crippen LogP contribution in [0.1, 0.15) is 52.4 Å². The maximum Gasteiger partial charge on any atom is 0.275 e. The van der Waals surface area contributed by atoms with Crippen LogP contribution in [0.2, 0.25) is 0 Å². The minimum Gasteiger partial charge on any atom is -0.477 e. The summed E-state index contributed by atoms with van der Waals surface area (Å²) in [5.41, 5.74) is 2.76. The number of rotatable bonds is 5. The van der Waals surface area contributed by atoms with Crippen molar-refractivity contribution in [3.63, 3.8) is 0 Å². The van der Waals surface area contributed by atoms with Crippen molar-refractivity contribution in [2.45, 2.75) is 40.2 Å². The topological polar surface area (TPSA) is 91.5 Å². The number of amides is 2. The van der Waals surface area contributed by atoms with Gasteiger partial charge in [-0.15, -0.1) is 0 Å². The van der Waals surface area contributed by atoms with Gasteiger partial charge < -0.3 is 15.0 Å². The second-order valence-corrected chi connectivity index (χ2v) is 6.96. The van der Waals surface area contributed by atoms with Gasteiger partial charge >= 0.3 is 0 Å². The Bertz CT molecular complexity index is 932. The summed E-state index contributed by atoms with van der Waals surface area (Å²) in [6.07, 6.45) is 0.0148. The molecule has 1 aromatic carbocycles. The van der Waals surface area contributed by atoms with E-state index < -0.39 is 6.10 Å². The lowest BCUT2D eigenvalue weighted by Gasteiger charge is -2.34. The number of nitrogens with zero attached hydrogens (tertiary/aromatic N) is 1. The van der Waals surface area contributed by atoms with Crippen LogP contribution in [0.25, 0.3) is 0 Å². The number of anilines is 1. The van der Waals surface area contributed by atoms with Crippen LogP contribution >= 0.6 is 0 Å². The van der Waals surface area contributed by atoms with E-state index in [1.807, 2.05) is 13.0 Å². The smallest absolute Gasteiger partial charge is 0.275 e. The van der Waals surface area contributed by atoms with Crippen molar-refractivity contribution in [1.82, 2.24) is 10.3 Å². The van der Waals surface area contributed by atoms with Crippen LogP contribution in [0.15, 0.2) is 24.3 Å². The van der Waals surface area contributed by atoms with Crippen LogP contribution in [0.5, 0.6) is 5.75 Å². The predicted molar refractivity (Wildman–Crippen MR) is 106 cm³/mol. The molecule has 0 saturated heterocycles. The Morgan fingerprint density at radius 2 is 1.96 bits per heavy atom. The molecule has 0 radical (unpaired) electrons. The molecule has 28 heavy (non-hydrogen) atoms. The second kappa shape index (κ2) is 7.88. The van der Waals surface area contributed by atoms with E-state index in [0.717, 1.165) is 6.42 Å². The van der Waals surface area contributed by atoms with E-state index in [-0.39, 0.29) is 24.1 Å². The number of nitrogens with one attached hydrogen (secondary N) is 2. The van der Waals surface area contributed by atoms with Crippen LogP contribution in [0.3, 0.4) is 0 Å². The fraction of sp³-hybridized carbons (Fsp3) is 0.381. The highest BCUT2D eigenvalue weighted by Gasteiger charge is 2.35. The molecule has 0 unspecified atom stereocenters. The quantitative estimate of drug-likeness (QED) is 0.777. The number of Topliss-reactive ketones (excluding diaryl/α,β-unsaturated/α-hetero) is 1. The van der Waals surface area contributed by atoms with Crippen molar-refractivity contribution < 1.29 is 19.1 Å². The molecule has 2 N–H and O–H groups in total. The van der Waals surface area contributed by atoms with Crippen molar-refractivity contribution in [1.29, 1.82) is 0 Å². The Kier molecular flexibility index (Phi) is 5.53. The normalized spacial score (nSPS) is 15.6. The van der Waals surface area contributed by atoms with Crippen LogP contribution in [-0.2, 0) is 4.79 Å².